The van der Waals surface area contributed by atoms with E-state index in [9.17, 15) is 0 Å². The fraction of sp³-hybridized carbons (Fsp3) is 0.0625. The van der Waals surface area contributed by atoms with Crippen molar-refractivity contribution in [1.82, 2.24) is 0 Å². The van der Waals surface area contributed by atoms with Crippen LogP contribution in [-0.4, -0.2) is 0 Å². The maximum atomic E-state index is 2.30. The van der Waals surface area contributed by atoms with Gasteiger partial charge in [-0.15, -0.1) is 0 Å². The van der Waals surface area contributed by atoms with Crippen molar-refractivity contribution in [1.29, 1.82) is 0 Å². The maximum absolute atomic E-state index is 2.30. The lowest BCUT2D eigenvalue weighted by molar-refractivity contribution is 1.50. The molecule has 0 radical (unpaired) electrons. The van der Waals surface area contributed by atoms with Crippen molar-refractivity contribution in [2.24, 2.45) is 0 Å². The van der Waals surface area contributed by atoms with E-state index in [2.05, 4.69) is 123 Å². The van der Waals surface area contributed by atoms with Crippen molar-refractivity contribution in [3.63, 3.8) is 0 Å². The summed E-state index contributed by atoms with van der Waals surface area (Å²) in [5, 5.41) is 7.71. The van der Waals surface area contributed by atoms with E-state index in [0.29, 0.717) is 0 Å². The van der Waals surface area contributed by atoms with E-state index >= 15 is 0 Å². The Bertz CT molecular complexity index is 1510. The molecule has 0 unspecified atom stereocenters. The van der Waals surface area contributed by atoms with Crippen molar-refractivity contribution in [3.8, 4) is 22.3 Å². The molecule has 0 aromatic heterocycles. The summed E-state index contributed by atoms with van der Waals surface area (Å²) < 4.78 is 0. The predicted molar refractivity (Wildman–Crippen MR) is 139 cm³/mol. The van der Waals surface area contributed by atoms with Gasteiger partial charge in [0.15, 0.2) is 0 Å². The second kappa shape index (κ2) is 7.35. The van der Waals surface area contributed by atoms with Gasteiger partial charge >= 0.3 is 0 Å². The molecule has 0 saturated heterocycles. The van der Waals surface area contributed by atoms with E-state index in [1.165, 1.54) is 65.7 Å². The lowest BCUT2D eigenvalue weighted by Gasteiger charge is -2.09. The Hall–Kier alpha value is -3.90. The van der Waals surface area contributed by atoms with E-state index in [0.717, 1.165) is 0 Å². The van der Waals surface area contributed by atoms with Gasteiger partial charge in [0.1, 0.15) is 0 Å². The highest BCUT2D eigenvalue weighted by Crippen LogP contribution is 2.31. The number of benzene rings is 6. The first-order valence-corrected chi connectivity index (χ1v) is 11.2. The number of fused-ring (bicyclic) bond motifs is 3. The molecule has 0 fully saturated rings. The lowest BCUT2D eigenvalue weighted by Crippen LogP contribution is -1.83. The Morgan fingerprint density at radius 2 is 0.531 bits per heavy atom. The van der Waals surface area contributed by atoms with Crippen LogP contribution in [0.15, 0.2) is 109 Å². The summed E-state index contributed by atoms with van der Waals surface area (Å²) in [6.45, 7) is 4.29. The van der Waals surface area contributed by atoms with E-state index in [-0.39, 0.29) is 0 Å². The molecule has 152 valence electrons. The van der Waals surface area contributed by atoms with Crippen molar-refractivity contribution in [3.05, 3.63) is 120 Å². The van der Waals surface area contributed by atoms with E-state index in [4.69, 9.17) is 0 Å². The van der Waals surface area contributed by atoms with Crippen LogP contribution in [0, 0.1) is 13.8 Å². The lowest BCUT2D eigenvalue weighted by atomic mass is 9.95. The molecule has 6 aromatic carbocycles. The largest absolute Gasteiger partial charge is 0.0587 e. The third kappa shape index (κ3) is 3.35. The Kier molecular flexibility index (Phi) is 4.33. The first-order valence-electron chi connectivity index (χ1n) is 11.2. The highest BCUT2D eigenvalue weighted by molar-refractivity contribution is 5.94. The minimum absolute atomic E-state index is 1.26. The van der Waals surface area contributed by atoms with Gasteiger partial charge in [0.2, 0.25) is 0 Å². The second-order valence-corrected chi connectivity index (χ2v) is 8.91. The number of aryl methyl sites for hydroxylation is 2. The maximum Gasteiger partial charge on any atom is -0.0177 e. The van der Waals surface area contributed by atoms with Crippen molar-refractivity contribution in [2.75, 3.05) is 0 Å². The van der Waals surface area contributed by atoms with Crippen LogP contribution in [0.3, 0.4) is 0 Å². The van der Waals surface area contributed by atoms with E-state index < -0.39 is 0 Å². The van der Waals surface area contributed by atoms with Crippen LogP contribution in [-0.2, 0) is 0 Å². The molecule has 6 rings (SSSR count). The average Bonchev–Trinajstić information content (AvgIpc) is 2.82. The molecule has 0 aliphatic heterocycles. The Balaban J connectivity index is 1.39. The second-order valence-electron chi connectivity index (χ2n) is 8.91. The molecule has 0 aliphatic rings. The van der Waals surface area contributed by atoms with Gasteiger partial charge < -0.3 is 0 Å². The van der Waals surface area contributed by atoms with Crippen LogP contribution in [0.1, 0.15) is 11.1 Å². The van der Waals surface area contributed by atoms with Crippen molar-refractivity contribution < 1.29 is 0 Å². The monoisotopic (exact) mass is 408 g/mol. The number of hydrogen-bond donors (Lipinski definition) is 0. The smallest absolute Gasteiger partial charge is 0.0177 e. The van der Waals surface area contributed by atoms with Crippen LogP contribution < -0.4 is 0 Å². The van der Waals surface area contributed by atoms with Gasteiger partial charge in [-0.1, -0.05) is 96.1 Å². The summed E-state index contributed by atoms with van der Waals surface area (Å²) >= 11 is 0. The molecule has 0 nitrogen and oxygen atoms in total. The summed E-state index contributed by atoms with van der Waals surface area (Å²) in [6, 6.07) is 40.4. The van der Waals surface area contributed by atoms with Crippen LogP contribution >= 0.6 is 0 Å². The van der Waals surface area contributed by atoms with Crippen LogP contribution in [0.4, 0.5) is 0 Å². The van der Waals surface area contributed by atoms with Gasteiger partial charge in [0.05, 0.1) is 0 Å². The minimum atomic E-state index is 1.26. The van der Waals surface area contributed by atoms with Crippen LogP contribution in [0.25, 0.3) is 54.6 Å². The summed E-state index contributed by atoms with van der Waals surface area (Å²) in [4.78, 5) is 0. The Morgan fingerprint density at radius 1 is 0.281 bits per heavy atom. The molecule has 0 saturated carbocycles. The average molecular weight is 409 g/mol. The van der Waals surface area contributed by atoms with Gasteiger partial charge in [-0.05, 0) is 92.7 Å². The molecule has 0 bridgehead atoms. The molecule has 0 heteroatoms. The molecule has 32 heavy (non-hydrogen) atoms. The SMILES string of the molecule is Cc1ccc2cc(-c3ccc4cc(-c5ccc6cc(C)ccc6c5)ccc4c3)ccc2c1. The summed E-state index contributed by atoms with van der Waals surface area (Å²) in [7, 11) is 0. The third-order valence-corrected chi connectivity index (χ3v) is 6.50. The fourth-order valence-electron chi connectivity index (χ4n) is 4.69. The molecule has 0 heterocycles. The Morgan fingerprint density at radius 3 is 0.844 bits per heavy atom. The van der Waals surface area contributed by atoms with Gasteiger partial charge in [-0.2, -0.15) is 0 Å². The number of hydrogen-bond acceptors (Lipinski definition) is 0. The van der Waals surface area contributed by atoms with Gasteiger partial charge in [-0.25, -0.2) is 0 Å². The van der Waals surface area contributed by atoms with Gasteiger partial charge in [0, 0.05) is 0 Å². The summed E-state index contributed by atoms with van der Waals surface area (Å²) in [6.07, 6.45) is 0. The molecule has 6 aromatic rings. The minimum Gasteiger partial charge on any atom is -0.0587 e. The highest BCUT2D eigenvalue weighted by atomic mass is 14.1. The Labute approximate surface area is 188 Å². The molecular weight excluding hydrogens is 384 g/mol. The van der Waals surface area contributed by atoms with Crippen molar-refractivity contribution in [2.45, 2.75) is 13.8 Å². The molecule has 0 amide bonds. The zero-order valence-electron chi connectivity index (χ0n) is 18.4. The summed E-state index contributed by atoms with van der Waals surface area (Å²) in [5.41, 5.74) is 7.64. The summed E-state index contributed by atoms with van der Waals surface area (Å²) in [5.74, 6) is 0. The van der Waals surface area contributed by atoms with Crippen LogP contribution in [0.5, 0.6) is 0 Å². The molecule has 0 atom stereocenters. The topological polar surface area (TPSA) is 0 Å². The van der Waals surface area contributed by atoms with Crippen molar-refractivity contribution >= 4 is 32.3 Å². The first kappa shape index (κ1) is 18.8. The zero-order chi connectivity index (χ0) is 21.7. The molecular formula is C32H24. The van der Waals surface area contributed by atoms with E-state index in [1.807, 2.05) is 0 Å². The molecule has 0 N–H and O–H groups in total. The van der Waals surface area contributed by atoms with Gasteiger partial charge in [-0.3, -0.25) is 0 Å². The third-order valence-electron chi connectivity index (χ3n) is 6.50. The predicted octanol–water partition coefficient (Wildman–Crippen LogP) is 9.10. The number of rotatable bonds is 2. The van der Waals surface area contributed by atoms with Crippen LogP contribution in [0.2, 0.25) is 0 Å². The molecule has 0 spiro atoms. The standard InChI is InChI=1S/C32H24/c1-21-3-5-25-17-27(9-7-23(25)15-21)29-11-13-32-20-30(12-14-31(32)19-29)28-10-8-24-16-22(2)4-6-26(24)18-28/h3-20H,1-2H3. The van der Waals surface area contributed by atoms with Gasteiger partial charge in [0.25, 0.3) is 0 Å². The first-order chi connectivity index (χ1) is 15.6. The quantitative estimate of drug-likeness (QED) is 0.268. The highest BCUT2D eigenvalue weighted by Gasteiger charge is 2.05. The molecule has 0 aliphatic carbocycles. The normalized spacial score (nSPS) is 11.4. The zero-order valence-corrected chi connectivity index (χ0v) is 18.4. The van der Waals surface area contributed by atoms with E-state index in [1.54, 1.807) is 0 Å². The fourth-order valence-corrected chi connectivity index (χ4v) is 4.69.